The van der Waals surface area contributed by atoms with Crippen molar-refractivity contribution in [2.45, 2.75) is 70.6 Å². The van der Waals surface area contributed by atoms with E-state index in [4.69, 9.17) is 18.3 Å². The molecule has 2 aromatic rings. The summed E-state index contributed by atoms with van der Waals surface area (Å²) in [6, 6.07) is 12.8. The Bertz CT molecular complexity index is 931. The largest absolute Gasteiger partial charge is 0.465 e. The summed E-state index contributed by atoms with van der Waals surface area (Å²) in [7, 11) is -2.56. The molecule has 3 atom stereocenters. The van der Waals surface area contributed by atoms with Gasteiger partial charge in [0.25, 0.3) is 0 Å². The summed E-state index contributed by atoms with van der Waals surface area (Å²) in [5.74, 6) is -1.67. The predicted octanol–water partition coefficient (Wildman–Crippen LogP) is 5.19. The van der Waals surface area contributed by atoms with Gasteiger partial charge in [0.2, 0.25) is 11.2 Å². The first-order valence-electron chi connectivity index (χ1n) is 10.5. The van der Waals surface area contributed by atoms with E-state index in [2.05, 4.69) is 20.8 Å². The van der Waals surface area contributed by atoms with Crippen molar-refractivity contribution in [3.63, 3.8) is 0 Å². The molecule has 1 saturated heterocycles. The zero-order valence-corrected chi connectivity index (χ0v) is 20.4. The molecule has 0 unspecified atom stereocenters. The summed E-state index contributed by atoms with van der Waals surface area (Å²) in [5.41, 5.74) is -2.30. The average Bonchev–Trinajstić information content (AvgIpc) is 3.30. The van der Waals surface area contributed by atoms with Crippen molar-refractivity contribution >= 4 is 20.3 Å². The van der Waals surface area contributed by atoms with Crippen molar-refractivity contribution in [1.29, 1.82) is 0 Å². The summed E-state index contributed by atoms with van der Waals surface area (Å²) < 4.78 is 24.0. The van der Waals surface area contributed by atoms with E-state index in [1.807, 2.05) is 43.4 Å². The normalized spacial score (nSPS) is 26.5. The van der Waals surface area contributed by atoms with E-state index in [1.165, 1.54) is 6.26 Å². The average molecular weight is 445 g/mol. The van der Waals surface area contributed by atoms with Crippen LogP contribution in [0.3, 0.4) is 0 Å². The second-order valence-electron chi connectivity index (χ2n) is 9.81. The van der Waals surface area contributed by atoms with Crippen LogP contribution in [0.2, 0.25) is 18.1 Å². The quantitative estimate of drug-likeness (QED) is 0.451. The van der Waals surface area contributed by atoms with E-state index in [-0.39, 0.29) is 11.6 Å². The van der Waals surface area contributed by atoms with Crippen LogP contribution in [0, 0.1) is 5.92 Å². The molecular weight excluding hydrogens is 412 g/mol. The number of rotatable bonds is 6. The first kappa shape index (κ1) is 23.3. The van der Waals surface area contributed by atoms with Crippen molar-refractivity contribution in [3.8, 4) is 0 Å². The van der Waals surface area contributed by atoms with Gasteiger partial charge < -0.3 is 18.3 Å². The lowest BCUT2D eigenvalue weighted by atomic mass is 9.76. The van der Waals surface area contributed by atoms with Crippen LogP contribution in [0.25, 0.3) is 0 Å². The maximum atomic E-state index is 13.8. The summed E-state index contributed by atoms with van der Waals surface area (Å²) >= 11 is 0. The second kappa shape index (κ2) is 7.95. The van der Waals surface area contributed by atoms with Crippen LogP contribution in [-0.2, 0) is 35.7 Å². The minimum absolute atomic E-state index is 0.0669. The molecule has 0 spiro atoms. The SMILES string of the molecule is C[C@@H]1C(=O)O[C@@](C)(c2ccco2)[C@]1(O[Si](C)(C)C(C)(C)C)C(=O)OCc1ccccc1. The monoisotopic (exact) mass is 444 g/mol. The number of carbonyl (C=O) groups is 2. The number of benzene rings is 1. The third-order valence-corrected chi connectivity index (χ3v) is 11.2. The summed E-state index contributed by atoms with van der Waals surface area (Å²) in [6.45, 7) is 13.7. The van der Waals surface area contributed by atoms with E-state index < -0.39 is 37.4 Å². The molecule has 1 aromatic carbocycles. The molecule has 2 heterocycles. The number of esters is 2. The van der Waals surface area contributed by atoms with Crippen molar-refractivity contribution in [3.05, 3.63) is 60.1 Å². The maximum absolute atomic E-state index is 13.8. The highest BCUT2D eigenvalue weighted by Crippen LogP contribution is 2.54. The van der Waals surface area contributed by atoms with Gasteiger partial charge in [-0.1, -0.05) is 51.1 Å². The highest BCUT2D eigenvalue weighted by atomic mass is 28.4. The van der Waals surface area contributed by atoms with Crippen molar-refractivity contribution in [2.75, 3.05) is 0 Å². The molecule has 0 saturated carbocycles. The zero-order valence-electron chi connectivity index (χ0n) is 19.4. The zero-order chi connectivity index (χ0) is 23.1. The number of hydrogen-bond acceptors (Lipinski definition) is 6. The van der Waals surface area contributed by atoms with Crippen LogP contribution in [0.4, 0.5) is 0 Å². The Morgan fingerprint density at radius 2 is 1.77 bits per heavy atom. The number of carbonyl (C=O) groups excluding carboxylic acids is 2. The van der Waals surface area contributed by atoms with E-state index >= 15 is 0 Å². The number of hydrogen-bond donors (Lipinski definition) is 0. The molecule has 31 heavy (non-hydrogen) atoms. The van der Waals surface area contributed by atoms with Gasteiger partial charge in [-0.2, -0.15) is 0 Å². The molecule has 1 aliphatic rings. The molecule has 1 fully saturated rings. The van der Waals surface area contributed by atoms with Gasteiger partial charge in [-0.15, -0.1) is 0 Å². The molecule has 168 valence electrons. The van der Waals surface area contributed by atoms with Gasteiger partial charge in [0, 0.05) is 0 Å². The minimum Gasteiger partial charge on any atom is -0.465 e. The minimum atomic E-state index is -2.56. The third kappa shape index (κ3) is 3.85. The smallest absolute Gasteiger partial charge is 0.343 e. The number of cyclic esters (lactones) is 1. The molecule has 0 N–H and O–H groups in total. The van der Waals surface area contributed by atoms with Gasteiger partial charge in [-0.25, -0.2) is 4.79 Å². The molecule has 1 aromatic heterocycles. The van der Waals surface area contributed by atoms with Crippen molar-refractivity contribution in [2.24, 2.45) is 5.92 Å². The molecule has 1 aliphatic heterocycles. The van der Waals surface area contributed by atoms with Gasteiger partial charge in [0.15, 0.2) is 14.1 Å². The fourth-order valence-electron chi connectivity index (χ4n) is 3.71. The highest BCUT2D eigenvalue weighted by Gasteiger charge is 2.73. The highest BCUT2D eigenvalue weighted by molar-refractivity contribution is 6.74. The van der Waals surface area contributed by atoms with Gasteiger partial charge in [0.1, 0.15) is 6.61 Å². The first-order valence-corrected chi connectivity index (χ1v) is 13.4. The maximum Gasteiger partial charge on any atom is 0.343 e. The van der Waals surface area contributed by atoms with E-state index in [1.54, 1.807) is 26.0 Å². The molecule has 0 aliphatic carbocycles. The topological polar surface area (TPSA) is 75.0 Å². The van der Waals surface area contributed by atoms with Crippen LogP contribution in [0.5, 0.6) is 0 Å². The standard InChI is InChI=1S/C24H32O6Si/c1-17-20(25)29-23(5,19-14-11-15-27-19)24(17,30-31(6,7)22(2,3)4)21(26)28-16-18-12-9-8-10-13-18/h8-15,17H,16H2,1-7H3/t17-,23+,24-/m1/s1. The summed E-state index contributed by atoms with van der Waals surface area (Å²) in [5, 5.41) is -0.213. The van der Waals surface area contributed by atoms with Crippen LogP contribution in [0.15, 0.2) is 53.1 Å². The van der Waals surface area contributed by atoms with E-state index in [0.717, 1.165) is 5.56 Å². The van der Waals surface area contributed by atoms with Gasteiger partial charge in [-0.3, -0.25) is 4.79 Å². The molecular formula is C24H32O6Si. The summed E-state index contributed by atoms with van der Waals surface area (Å²) in [6.07, 6.45) is 1.49. The lowest BCUT2D eigenvalue weighted by Gasteiger charge is -2.47. The van der Waals surface area contributed by atoms with Gasteiger partial charge in [-0.05, 0) is 49.7 Å². The first-order chi connectivity index (χ1) is 14.3. The van der Waals surface area contributed by atoms with Crippen LogP contribution < -0.4 is 0 Å². The third-order valence-electron chi connectivity index (χ3n) is 6.71. The van der Waals surface area contributed by atoms with E-state index in [0.29, 0.717) is 5.76 Å². The molecule has 0 amide bonds. The van der Waals surface area contributed by atoms with E-state index in [9.17, 15) is 9.59 Å². The van der Waals surface area contributed by atoms with Crippen molar-refractivity contribution < 1.29 is 27.9 Å². The Labute approximate surface area is 185 Å². The van der Waals surface area contributed by atoms with Crippen molar-refractivity contribution in [1.82, 2.24) is 0 Å². The van der Waals surface area contributed by atoms with Crippen LogP contribution in [-0.4, -0.2) is 25.9 Å². The fourth-order valence-corrected chi connectivity index (χ4v) is 5.28. The number of furan rings is 1. The molecule has 6 nitrogen and oxygen atoms in total. The Morgan fingerprint density at radius 1 is 1.13 bits per heavy atom. The van der Waals surface area contributed by atoms with Gasteiger partial charge >= 0.3 is 11.9 Å². The summed E-state index contributed by atoms with van der Waals surface area (Å²) in [4.78, 5) is 26.7. The predicted molar refractivity (Wildman–Crippen MR) is 119 cm³/mol. The lowest BCUT2D eigenvalue weighted by molar-refractivity contribution is -0.190. The Balaban J connectivity index is 2.11. The fraction of sp³-hybridized carbons (Fsp3) is 0.500. The Kier molecular flexibility index (Phi) is 5.97. The van der Waals surface area contributed by atoms with Crippen LogP contribution in [0.1, 0.15) is 45.9 Å². The Hall–Kier alpha value is -2.38. The van der Waals surface area contributed by atoms with Gasteiger partial charge in [0.05, 0.1) is 12.2 Å². The molecule has 3 rings (SSSR count). The Morgan fingerprint density at radius 3 is 2.32 bits per heavy atom. The molecule has 0 radical (unpaired) electrons. The molecule has 7 heteroatoms. The second-order valence-corrected chi connectivity index (χ2v) is 14.5. The lowest BCUT2D eigenvalue weighted by Crippen LogP contribution is -2.64. The molecule has 0 bridgehead atoms. The number of ether oxygens (including phenoxy) is 2. The van der Waals surface area contributed by atoms with Crippen LogP contribution >= 0.6 is 0 Å².